The van der Waals surface area contributed by atoms with Crippen molar-refractivity contribution < 1.29 is 26.7 Å². The Hall–Kier alpha value is -3.83. The van der Waals surface area contributed by atoms with Crippen molar-refractivity contribution in [2.75, 3.05) is 11.4 Å². The summed E-state index contributed by atoms with van der Waals surface area (Å²) in [6.07, 6.45) is -2.77. The van der Waals surface area contributed by atoms with Crippen LogP contribution >= 0.6 is 0 Å². The third-order valence-corrected chi connectivity index (χ3v) is 5.25. The molecule has 0 N–H and O–H groups in total. The van der Waals surface area contributed by atoms with Gasteiger partial charge in [-0.15, -0.1) is 15.3 Å². The van der Waals surface area contributed by atoms with Gasteiger partial charge in [0.05, 0.1) is 6.20 Å². The van der Waals surface area contributed by atoms with Crippen molar-refractivity contribution in [2.45, 2.75) is 26.1 Å². The topological polar surface area (TPSA) is 68.4 Å². The van der Waals surface area contributed by atoms with Crippen LogP contribution in [0.2, 0.25) is 0 Å². The van der Waals surface area contributed by atoms with Crippen LogP contribution < -0.4 is 9.64 Å². The van der Waals surface area contributed by atoms with E-state index in [0.29, 0.717) is 28.9 Å². The Morgan fingerprint density at radius 3 is 2.67 bits per heavy atom. The highest BCUT2D eigenvalue weighted by Gasteiger charge is 2.38. The molecule has 5 rings (SSSR count). The molecule has 0 saturated heterocycles. The van der Waals surface area contributed by atoms with Crippen molar-refractivity contribution in [1.82, 2.24) is 24.8 Å². The summed E-state index contributed by atoms with van der Waals surface area (Å²) in [7, 11) is 0. The molecule has 3 aromatic heterocycles. The van der Waals surface area contributed by atoms with Crippen molar-refractivity contribution in [2.24, 2.45) is 0 Å². The Morgan fingerprint density at radius 2 is 1.88 bits per heavy atom. The molecule has 0 saturated carbocycles. The fourth-order valence-electron chi connectivity index (χ4n) is 3.72. The quantitative estimate of drug-likeness (QED) is 0.419. The van der Waals surface area contributed by atoms with Crippen molar-refractivity contribution in [3.05, 3.63) is 70.8 Å². The van der Waals surface area contributed by atoms with Gasteiger partial charge in [-0.25, -0.2) is 8.78 Å². The number of benzene rings is 1. The molecule has 7 nitrogen and oxygen atoms in total. The van der Waals surface area contributed by atoms with Crippen LogP contribution in [0, 0.1) is 18.6 Å². The summed E-state index contributed by atoms with van der Waals surface area (Å²) in [5.41, 5.74) is 2.14. The molecular weight excluding hydrogens is 447 g/mol. The van der Waals surface area contributed by atoms with E-state index in [1.54, 1.807) is 13.0 Å². The summed E-state index contributed by atoms with van der Waals surface area (Å²) in [6.45, 7) is 2.49. The minimum Gasteiger partial charge on any atom is -0.453 e. The van der Waals surface area contributed by atoms with Crippen LogP contribution in [0.15, 0.2) is 36.5 Å². The van der Waals surface area contributed by atoms with Gasteiger partial charge in [-0.05, 0) is 42.3 Å². The molecule has 0 unspecified atom stereocenters. The van der Waals surface area contributed by atoms with Crippen LogP contribution in [0.3, 0.4) is 0 Å². The molecule has 0 bridgehead atoms. The molecule has 4 aromatic rings. The Balaban J connectivity index is 1.46. The number of aryl methyl sites for hydroxylation is 1. The van der Waals surface area contributed by atoms with Gasteiger partial charge in [0.25, 0.3) is 5.82 Å². The van der Waals surface area contributed by atoms with Gasteiger partial charge in [-0.1, -0.05) is 0 Å². The molecule has 12 heteroatoms. The zero-order valence-electron chi connectivity index (χ0n) is 17.1. The highest BCUT2D eigenvalue weighted by atomic mass is 19.4. The van der Waals surface area contributed by atoms with Gasteiger partial charge in [-0.3, -0.25) is 4.98 Å². The highest BCUT2D eigenvalue weighted by molar-refractivity contribution is 5.54. The number of hydrogen-bond donors (Lipinski definition) is 0. The maximum Gasteiger partial charge on any atom is 0.453 e. The van der Waals surface area contributed by atoms with Crippen LogP contribution in [0.5, 0.6) is 11.5 Å². The molecule has 0 fully saturated rings. The molecule has 1 aromatic carbocycles. The number of halogens is 5. The van der Waals surface area contributed by atoms with Gasteiger partial charge in [0.2, 0.25) is 0 Å². The molecule has 0 radical (unpaired) electrons. The first-order valence-electron chi connectivity index (χ1n) is 9.85. The second kappa shape index (κ2) is 7.64. The van der Waals surface area contributed by atoms with E-state index in [2.05, 4.69) is 20.3 Å². The maximum atomic E-state index is 13.9. The van der Waals surface area contributed by atoms with Gasteiger partial charge in [0, 0.05) is 31.3 Å². The van der Waals surface area contributed by atoms with Crippen LogP contribution in [0.4, 0.5) is 27.8 Å². The Kier molecular flexibility index (Phi) is 4.87. The minimum atomic E-state index is -4.70. The van der Waals surface area contributed by atoms with Crippen molar-refractivity contribution in [3.8, 4) is 11.5 Å². The van der Waals surface area contributed by atoms with Gasteiger partial charge in [-0.2, -0.15) is 17.7 Å². The first-order valence-corrected chi connectivity index (χ1v) is 9.85. The van der Waals surface area contributed by atoms with E-state index in [-0.39, 0.29) is 23.7 Å². The third-order valence-electron chi connectivity index (χ3n) is 5.25. The number of rotatable bonds is 3. The van der Waals surface area contributed by atoms with E-state index in [4.69, 9.17) is 4.74 Å². The third kappa shape index (κ3) is 3.92. The minimum absolute atomic E-state index is 0.00421. The SMILES string of the molecule is Cc1cc2nnc(C(F)(F)F)n2nc1N1CCc2ncc(Oc3cc(F)ccc3F)cc2C1. The molecule has 4 heterocycles. The number of ether oxygens (including phenoxy) is 1. The summed E-state index contributed by atoms with van der Waals surface area (Å²) in [6, 6.07) is 6.01. The molecule has 0 spiro atoms. The lowest BCUT2D eigenvalue weighted by molar-refractivity contribution is -0.146. The number of anilines is 1. The van der Waals surface area contributed by atoms with Crippen LogP contribution in [-0.4, -0.2) is 31.3 Å². The summed E-state index contributed by atoms with van der Waals surface area (Å²) in [5, 5.41) is 10.9. The van der Waals surface area contributed by atoms with Crippen LogP contribution in [-0.2, 0) is 19.1 Å². The van der Waals surface area contributed by atoms with Gasteiger partial charge < -0.3 is 9.64 Å². The summed E-state index contributed by atoms with van der Waals surface area (Å²) in [5.74, 6) is -2.30. The van der Waals surface area contributed by atoms with E-state index in [9.17, 15) is 22.0 Å². The first-order chi connectivity index (χ1) is 15.7. The lowest BCUT2D eigenvalue weighted by Gasteiger charge is -2.30. The van der Waals surface area contributed by atoms with E-state index in [1.165, 1.54) is 12.3 Å². The zero-order valence-corrected chi connectivity index (χ0v) is 17.1. The monoisotopic (exact) mass is 462 g/mol. The normalized spacial score (nSPS) is 13.9. The number of aromatic nitrogens is 5. The summed E-state index contributed by atoms with van der Waals surface area (Å²) >= 11 is 0. The Labute approximate surface area is 183 Å². The standard InChI is InChI=1S/C21H15F5N6O/c1-11-6-18-28-29-20(21(24,25)26)32(18)30-19(11)31-5-4-16-12(10-31)7-14(9-27-16)33-17-8-13(22)2-3-15(17)23/h2-3,6-9H,4-5,10H2,1H3. The predicted octanol–water partition coefficient (Wildman–Crippen LogP) is 4.48. The lowest BCUT2D eigenvalue weighted by Crippen LogP contribution is -2.32. The van der Waals surface area contributed by atoms with Crippen molar-refractivity contribution >= 4 is 11.5 Å². The van der Waals surface area contributed by atoms with E-state index >= 15 is 0 Å². The Bertz CT molecular complexity index is 1370. The van der Waals surface area contributed by atoms with E-state index in [1.807, 2.05) is 4.90 Å². The Morgan fingerprint density at radius 1 is 1.06 bits per heavy atom. The average molecular weight is 462 g/mol. The second-order valence-electron chi connectivity index (χ2n) is 7.57. The number of fused-ring (bicyclic) bond motifs is 2. The number of pyridine rings is 1. The fourth-order valence-corrected chi connectivity index (χ4v) is 3.72. The van der Waals surface area contributed by atoms with Crippen molar-refractivity contribution in [3.63, 3.8) is 0 Å². The van der Waals surface area contributed by atoms with E-state index < -0.39 is 23.6 Å². The van der Waals surface area contributed by atoms with Gasteiger partial charge in [0.15, 0.2) is 23.0 Å². The van der Waals surface area contributed by atoms with Crippen LogP contribution in [0.25, 0.3) is 5.65 Å². The smallest absolute Gasteiger partial charge is 0.453 e. The van der Waals surface area contributed by atoms with Gasteiger partial charge in [0.1, 0.15) is 11.6 Å². The molecule has 33 heavy (non-hydrogen) atoms. The fraction of sp³-hybridized carbons (Fsp3) is 0.238. The first kappa shape index (κ1) is 21.0. The number of hydrogen-bond acceptors (Lipinski definition) is 6. The zero-order chi connectivity index (χ0) is 23.3. The summed E-state index contributed by atoms with van der Waals surface area (Å²) in [4.78, 5) is 6.15. The van der Waals surface area contributed by atoms with Gasteiger partial charge >= 0.3 is 6.18 Å². The molecule has 1 aliphatic rings. The second-order valence-corrected chi connectivity index (χ2v) is 7.57. The maximum absolute atomic E-state index is 13.9. The van der Waals surface area contributed by atoms with E-state index in [0.717, 1.165) is 29.5 Å². The number of alkyl halides is 3. The number of nitrogens with zero attached hydrogens (tertiary/aromatic N) is 6. The molecule has 1 aliphatic heterocycles. The lowest BCUT2D eigenvalue weighted by atomic mass is 10.1. The molecule has 0 aliphatic carbocycles. The molecule has 0 amide bonds. The van der Waals surface area contributed by atoms with Crippen LogP contribution in [0.1, 0.15) is 22.6 Å². The molecule has 170 valence electrons. The summed E-state index contributed by atoms with van der Waals surface area (Å²) < 4.78 is 73.2. The highest BCUT2D eigenvalue weighted by Crippen LogP contribution is 2.32. The predicted molar refractivity (Wildman–Crippen MR) is 106 cm³/mol. The van der Waals surface area contributed by atoms with Crippen molar-refractivity contribution in [1.29, 1.82) is 0 Å². The molecular formula is C21H15F5N6O. The average Bonchev–Trinajstić information content (AvgIpc) is 3.18. The molecule has 0 atom stereocenters. The largest absolute Gasteiger partial charge is 0.453 e.